The number of hydrogen-bond donors (Lipinski definition) is 0. The lowest BCUT2D eigenvalue weighted by molar-refractivity contribution is -0.143. The predicted octanol–water partition coefficient (Wildman–Crippen LogP) is 7.72. The topological polar surface area (TPSA) is 105 Å². The molecule has 12 heteroatoms. The normalized spacial score (nSPS) is 11.6. The fraction of sp³-hybridized carbons (Fsp3) is 0.216. The maximum Gasteiger partial charge on any atom is 0.306 e. The van der Waals surface area contributed by atoms with E-state index in [-0.39, 0.29) is 22.1 Å². The number of ether oxygens (including phenoxy) is 2. The SMILES string of the molecule is CCOC(=O)CCc1cccc(Cc2nc(-c3cccc(Oc4c(F)cc5c(ccn5S(=O)(=O)c5ccc(C)cc5)c4SC)c3)nn2C)c1. The molecule has 0 aliphatic heterocycles. The van der Waals surface area contributed by atoms with Crippen LogP contribution in [0.15, 0.2) is 101 Å². The van der Waals surface area contributed by atoms with E-state index in [0.29, 0.717) is 53.3 Å². The Morgan fingerprint density at radius 1 is 0.980 bits per heavy atom. The van der Waals surface area contributed by atoms with Gasteiger partial charge >= 0.3 is 5.97 Å². The minimum absolute atomic E-state index is 0.000131. The van der Waals surface area contributed by atoms with Gasteiger partial charge < -0.3 is 9.47 Å². The summed E-state index contributed by atoms with van der Waals surface area (Å²) in [4.78, 5) is 17.2. The highest BCUT2D eigenvalue weighted by Crippen LogP contribution is 2.41. The second-order valence-corrected chi connectivity index (χ2v) is 14.1. The number of aromatic nitrogens is 4. The molecule has 6 aromatic rings. The second kappa shape index (κ2) is 14.3. The Labute approximate surface area is 288 Å². The van der Waals surface area contributed by atoms with Gasteiger partial charge in [0.25, 0.3) is 10.0 Å². The molecule has 0 saturated carbocycles. The first-order valence-electron chi connectivity index (χ1n) is 15.7. The van der Waals surface area contributed by atoms with Gasteiger partial charge in [-0.1, -0.05) is 54.1 Å². The molecule has 0 N–H and O–H groups in total. The molecule has 0 unspecified atom stereocenters. The van der Waals surface area contributed by atoms with E-state index in [0.717, 1.165) is 26.5 Å². The predicted molar refractivity (Wildman–Crippen MR) is 188 cm³/mol. The van der Waals surface area contributed by atoms with E-state index in [9.17, 15) is 13.2 Å². The Morgan fingerprint density at radius 2 is 1.73 bits per heavy atom. The number of rotatable bonds is 12. The standard InChI is InChI=1S/C37H35FN4O5S2/c1-5-46-34(43)17-14-25-8-6-9-26(20-25)21-33-39-37(40-41(33)3)27-10-7-11-28(22-27)47-35-31(38)23-32-30(36(35)48-4)18-19-42(32)49(44,45)29-15-12-24(2)13-16-29/h6-13,15-16,18-20,22-23H,5,14,17,21H2,1-4H3. The molecule has 0 amide bonds. The Balaban J connectivity index is 1.24. The molecule has 49 heavy (non-hydrogen) atoms. The molecule has 0 aliphatic rings. The van der Waals surface area contributed by atoms with Crippen LogP contribution in [-0.4, -0.2) is 46.0 Å². The Morgan fingerprint density at radius 3 is 2.49 bits per heavy atom. The third-order valence-corrected chi connectivity index (χ3v) is 10.6. The van der Waals surface area contributed by atoms with Crippen LogP contribution in [0, 0.1) is 12.7 Å². The van der Waals surface area contributed by atoms with Gasteiger partial charge in [0.15, 0.2) is 17.4 Å². The van der Waals surface area contributed by atoms with Crippen molar-refractivity contribution in [3.05, 3.63) is 119 Å². The van der Waals surface area contributed by atoms with Crippen molar-refractivity contribution in [1.29, 1.82) is 0 Å². The summed E-state index contributed by atoms with van der Waals surface area (Å²) in [6.45, 7) is 4.04. The quantitative estimate of drug-likeness (QED) is 0.0945. The molecule has 0 atom stereocenters. The number of benzene rings is 4. The number of hydrogen-bond acceptors (Lipinski definition) is 8. The lowest BCUT2D eigenvalue weighted by atomic mass is 10.0. The van der Waals surface area contributed by atoms with Crippen molar-refractivity contribution in [2.75, 3.05) is 12.9 Å². The third-order valence-electron chi connectivity index (χ3n) is 8.05. The summed E-state index contributed by atoms with van der Waals surface area (Å²) in [6.07, 6.45) is 4.68. The minimum Gasteiger partial charge on any atom is -0.466 e. The van der Waals surface area contributed by atoms with E-state index in [1.54, 1.807) is 66.4 Å². The zero-order chi connectivity index (χ0) is 34.7. The van der Waals surface area contributed by atoms with E-state index in [4.69, 9.17) is 14.5 Å². The van der Waals surface area contributed by atoms with Crippen molar-refractivity contribution in [1.82, 2.24) is 18.7 Å². The molecular weight excluding hydrogens is 664 g/mol. The van der Waals surface area contributed by atoms with Crippen LogP contribution >= 0.6 is 11.8 Å². The highest BCUT2D eigenvalue weighted by molar-refractivity contribution is 7.99. The summed E-state index contributed by atoms with van der Waals surface area (Å²) in [7, 11) is -2.12. The second-order valence-electron chi connectivity index (χ2n) is 11.5. The molecule has 0 fully saturated rings. The molecule has 252 valence electrons. The third kappa shape index (κ3) is 7.25. The maximum atomic E-state index is 15.8. The summed E-state index contributed by atoms with van der Waals surface area (Å²) in [5.74, 6) is 0.703. The molecular formula is C37H35FN4O5S2. The van der Waals surface area contributed by atoms with Gasteiger partial charge in [-0.15, -0.1) is 11.8 Å². The van der Waals surface area contributed by atoms with E-state index >= 15 is 4.39 Å². The Bertz CT molecular complexity index is 2260. The Hall–Kier alpha value is -4.94. The fourth-order valence-electron chi connectivity index (χ4n) is 5.57. The summed E-state index contributed by atoms with van der Waals surface area (Å²) >= 11 is 1.27. The number of fused-ring (bicyclic) bond motifs is 1. The number of carbonyl (C=O) groups excluding carboxylic acids is 1. The fourth-order valence-corrected chi connectivity index (χ4v) is 7.63. The van der Waals surface area contributed by atoms with Crippen molar-refractivity contribution >= 4 is 38.7 Å². The lowest BCUT2D eigenvalue weighted by Crippen LogP contribution is -2.12. The van der Waals surface area contributed by atoms with Crippen LogP contribution in [0.4, 0.5) is 4.39 Å². The van der Waals surface area contributed by atoms with Gasteiger partial charge in [-0.05, 0) is 68.0 Å². The largest absolute Gasteiger partial charge is 0.466 e. The zero-order valence-corrected chi connectivity index (χ0v) is 29.1. The van der Waals surface area contributed by atoms with Crippen molar-refractivity contribution in [2.45, 2.75) is 42.9 Å². The van der Waals surface area contributed by atoms with Crippen LogP contribution in [0.2, 0.25) is 0 Å². The molecule has 9 nitrogen and oxygen atoms in total. The van der Waals surface area contributed by atoms with Crippen molar-refractivity contribution in [3.63, 3.8) is 0 Å². The molecule has 0 saturated heterocycles. The molecule has 0 bridgehead atoms. The van der Waals surface area contributed by atoms with Crippen molar-refractivity contribution in [2.24, 2.45) is 7.05 Å². The van der Waals surface area contributed by atoms with Crippen LogP contribution in [0.1, 0.15) is 35.9 Å². The van der Waals surface area contributed by atoms with Gasteiger partial charge in [0, 0.05) is 43.1 Å². The first-order chi connectivity index (χ1) is 23.6. The first-order valence-corrected chi connectivity index (χ1v) is 18.3. The number of aryl methyl sites for hydroxylation is 3. The molecule has 2 heterocycles. The number of halogens is 1. The van der Waals surface area contributed by atoms with E-state index in [2.05, 4.69) is 11.2 Å². The summed E-state index contributed by atoms with van der Waals surface area (Å²) < 4.78 is 56.7. The minimum atomic E-state index is -3.95. The van der Waals surface area contributed by atoms with Crippen LogP contribution in [0.5, 0.6) is 11.5 Å². The number of nitrogens with zero attached hydrogens (tertiary/aromatic N) is 4. The highest BCUT2D eigenvalue weighted by Gasteiger charge is 2.24. The van der Waals surface area contributed by atoms with Gasteiger partial charge in [0.05, 0.1) is 21.9 Å². The highest BCUT2D eigenvalue weighted by atomic mass is 32.2. The van der Waals surface area contributed by atoms with Gasteiger partial charge in [0.1, 0.15) is 11.6 Å². The summed E-state index contributed by atoms with van der Waals surface area (Å²) in [6, 6.07) is 24.5. The Kier molecular flexibility index (Phi) is 9.89. The molecule has 6 rings (SSSR count). The first kappa shape index (κ1) is 33.9. The van der Waals surface area contributed by atoms with E-state index < -0.39 is 15.8 Å². The lowest BCUT2D eigenvalue weighted by Gasteiger charge is -2.14. The van der Waals surface area contributed by atoms with Crippen LogP contribution in [0.3, 0.4) is 0 Å². The van der Waals surface area contributed by atoms with Crippen molar-refractivity contribution < 1.29 is 27.1 Å². The molecule has 0 spiro atoms. The number of esters is 1. The maximum absolute atomic E-state index is 15.8. The van der Waals surface area contributed by atoms with E-state index in [1.807, 2.05) is 38.2 Å². The molecule has 0 aliphatic carbocycles. The number of carbonyl (C=O) groups is 1. The van der Waals surface area contributed by atoms with Gasteiger partial charge in [-0.2, -0.15) is 5.10 Å². The zero-order valence-electron chi connectivity index (χ0n) is 27.5. The van der Waals surface area contributed by atoms with Gasteiger partial charge in [-0.3, -0.25) is 9.48 Å². The van der Waals surface area contributed by atoms with Crippen LogP contribution in [-0.2, 0) is 39.4 Å². The average molecular weight is 699 g/mol. The molecule has 2 aromatic heterocycles. The average Bonchev–Trinajstić information content (AvgIpc) is 3.68. The summed E-state index contributed by atoms with van der Waals surface area (Å²) in [5.41, 5.74) is 3.92. The van der Waals surface area contributed by atoms with Crippen molar-refractivity contribution in [3.8, 4) is 22.9 Å². The monoisotopic (exact) mass is 698 g/mol. The van der Waals surface area contributed by atoms with Crippen LogP contribution < -0.4 is 4.74 Å². The molecule has 4 aromatic carbocycles. The summed E-state index contributed by atoms with van der Waals surface area (Å²) in [5, 5.41) is 5.18. The van der Waals surface area contributed by atoms with Crippen LogP contribution in [0.25, 0.3) is 22.3 Å². The van der Waals surface area contributed by atoms with Gasteiger partial charge in [-0.25, -0.2) is 21.8 Å². The van der Waals surface area contributed by atoms with Gasteiger partial charge in [0.2, 0.25) is 0 Å². The van der Waals surface area contributed by atoms with E-state index in [1.165, 1.54) is 24.0 Å². The number of thioether (sulfide) groups is 1. The smallest absolute Gasteiger partial charge is 0.306 e. The molecule has 0 radical (unpaired) electrons.